The number of ketones is 1. The Labute approximate surface area is 161 Å². The second-order valence-electron chi connectivity index (χ2n) is 7.34. The predicted octanol–water partition coefficient (Wildman–Crippen LogP) is 4.37. The molecule has 5 rings (SSSR count). The Morgan fingerprint density at radius 2 is 1.96 bits per heavy atom. The van der Waals surface area contributed by atoms with E-state index in [0.717, 1.165) is 36.0 Å². The molecule has 0 aromatic heterocycles. The second kappa shape index (κ2) is 5.65. The van der Waals surface area contributed by atoms with E-state index in [1.165, 1.54) is 27.8 Å². The molecule has 0 amide bonds. The molecule has 1 aliphatic heterocycles. The van der Waals surface area contributed by atoms with Crippen molar-refractivity contribution in [3.05, 3.63) is 63.1 Å². The molecule has 0 spiro atoms. The summed E-state index contributed by atoms with van der Waals surface area (Å²) in [5, 5.41) is 0. The first-order valence-electron chi connectivity index (χ1n) is 9.03. The Bertz CT molecular complexity index is 1010. The van der Waals surface area contributed by atoms with E-state index in [1.807, 2.05) is 19.3 Å². The number of nitrogens with zero attached hydrogens (tertiary/aromatic N) is 2. The van der Waals surface area contributed by atoms with Gasteiger partial charge in [0, 0.05) is 11.0 Å². The SMILES string of the molecule is CC1(N2C=NCC2)C(=O)C=Cc2c1ccc1c2CCc2cc(Br)ccc2-1. The van der Waals surface area contributed by atoms with E-state index in [9.17, 15) is 4.79 Å². The van der Waals surface area contributed by atoms with Crippen LogP contribution in [-0.2, 0) is 23.2 Å². The molecule has 3 nitrogen and oxygen atoms in total. The van der Waals surface area contributed by atoms with Crippen LogP contribution >= 0.6 is 15.9 Å². The van der Waals surface area contributed by atoms with Gasteiger partial charge in [-0.15, -0.1) is 0 Å². The fourth-order valence-electron chi connectivity index (χ4n) is 4.56. The van der Waals surface area contributed by atoms with Crippen molar-refractivity contribution >= 4 is 34.1 Å². The van der Waals surface area contributed by atoms with Crippen molar-refractivity contribution in [1.82, 2.24) is 4.90 Å². The zero-order chi connectivity index (χ0) is 17.9. The molecule has 1 unspecified atom stereocenters. The van der Waals surface area contributed by atoms with Crippen LogP contribution in [0.2, 0.25) is 0 Å². The van der Waals surface area contributed by atoms with Gasteiger partial charge in [-0.25, -0.2) is 0 Å². The monoisotopic (exact) mass is 406 g/mol. The van der Waals surface area contributed by atoms with Crippen molar-refractivity contribution in [2.75, 3.05) is 13.1 Å². The molecule has 0 fully saturated rings. The van der Waals surface area contributed by atoms with E-state index in [2.05, 4.69) is 56.2 Å². The molecule has 2 aromatic rings. The van der Waals surface area contributed by atoms with Crippen LogP contribution in [0.15, 0.2) is 45.9 Å². The van der Waals surface area contributed by atoms with Gasteiger partial charge in [-0.05, 0) is 71.4 Å². The number of rotatable bonds is 1. The number of aryl methyl sites for hydroxylation is 1. The summed E-state index contributed by atoms with van der Waals surface area (Å²) in [5.74, 6) is 0.137. The molecule has 3 aliphatic rings. The molecule has 0 saturated heterocycles. The number of carbonyl (C=O) groups is 1. The first-order valence-corrected chi connectivity index (χ1v) is 9.83. The smallest absolute Gasteiger partial charge is 0.185 e. The van der Waals surface area contributed by atoms with Crippen molar-refractivity contribution in [3.8, 4) is 11.1 Å². The minimum absolute atomic E-state index is 0.137. The lowest BCUT2D eigenvalue weighted by atomic mass is 9.73. The highest BCUT2D eigenvalue weighted by molar-refractivity contribution is 9.10. The van der Waals surface area contributed by atoms with Crippen LogP contribution in [0.3, 0.4) is 0 Å². The summed E-state index contributed by atoms with van der Waals surface area (Å²) in [7, 11) is 0. The van der Waals surface area contributed by atoms with Gasteiger partial charge in [0.05, 0.1) is 12.9 Å². The molecule has 1 heterocycles. The summed E-state index contributed by atoms with van der Waals surface area (Å²) >= 11 is 3.58. The Morgan fingerprint density at radius 3 is 2.77 bits per heavy atom. The van der Waals surface area contributed by atoms with Crippen molar-refractivity contribution in [2.24, 2.45) is 4.99 Å². The van der Waals surface area contributed by atoms with Gasteiger partial charge >= 0.3 is 0 Å². The number of aliphatic imine (C=N–C) groups is 1. The number of fused-ring (bicyclic) bond motifs is 5. The van der Waals surface area contributed by atoms with Crippen LogP contribution in [0.5, 0.6) is 0 Å². The number of halogens is 1. The van der Waals surface area contributed by atoms with Crippen LogP contribution in [0.25, 0.3) is 17.2 Å². The summed E-state index contributed by atoms with van der Waals surface area (Å²) in [6.45, 7) is 3.59. The first-order chi connectivity index (χ1) is 12.6. The van der Waals surface area contributed by atoms with Crippen molar-refractivity contribution in [1.29, 1.82) is 0 Å². The minimum atomic E-state index is -0.654. The summed E-state index contributed by atoms with van der Waals surface area (Å²) in [6, 6.07) is 10.9. The van der Waals surface area contributed by atoms with Crippen LogP contribution in [0, 0.1) is 0 Å². The molecule has 0 saturated carbocycles. The number of carbonyl (C=O) groups excluding carboxylic acids is 1. The van der Waals surface area contributed by atoms with Gasteiger partial charge in [0.15, 0.2) is 5.78 Å². The zero-order valence-electron chi connectivity index (χ0n) is 14.6. The molecule has 2 aromatic carbocycles. The third kappa shape index (κ3) is 2.11. The zero-order valence-corrected chi connectivity index (χ0v) is 16.2. The van der Waals surface area contributed by atoms with Crippen LogP contribution in [0.4, 0.5) is 0 Å². The molecular weight excluding hydrogens is 388 g/mol. The Morgan fingerprint density at radius 1 is 1.12 bits per heavy atom. The van der Waals surface area contributed by atoms with Crippen LogP contribution in [-0.4, -0.2) is 30.1 Å². The first kappa shape index (κ1) is 16.0. The van der Waals surface area contributed by atoms with Gasteiger partial charge in [0.1, 0.15) is 5.54 Å². The maximum absolute atomic E-state index is 12.9. The number of hydrogen-bond acceptors (Lipinski definition) is 3. The van der Waals surface area contributed by atoms with E-state index in [1.54, 1.807) is 6.08 Å². The van der Waals surface area contributed by atoms with Crippen LogP contribution < -0.4 is 0 Å². The average molecular weight is 407 g/mol. The lowest BCUT2D eigenvalue weighted by Crippen LogP contribution is -2.49. The third-order valence-corrected chi connectivity index (χ3v) is 6.52. The lowest BCUT2D eigenvalue weighted by molar-refractivity contribution is -0.123. The Balaban J connectivity index is 1.72. The Hall–Kier alpha value is -2.20. The lowest BCUT2D eigenvalue weighted by Gasteiger charge is -2.40. The largest absolute Gasteiger partial charge is 0.344 e. The van der Waals surface area contributed by atoms with Crippen molar-refractivity contribution in [3.63, 3.8) is 0 Å². The standard InChI is InChI=1S/C22H19BrN2O/c1-22(25-11-10-24-13-25)20-8-6-17-16-5-3-15(23)12-14(16)2-4-18(17)19(20)7-9-21(22)26/h3,5-9,12-13H,2,4,10-11H2,1H3. The number of benzene rings is 2. The normalized spacial score (nSPS) is 23.0. The molecular formula is C22H19BrN2O. The van der Waals surface area contributed by atoms with Gasteiger partial charge in [-0.1, -0.05) is 40.2 Å². The quantitative estimate of drug-likeness (QED) is 0.704. The summed E-state index contributed by atoms with van der Waals surface area (Å²) in [5.41, 5.74) is 7.04. The summed E-state index contributed by atoms with van der Waals surface area (Å²) in [4.78, 5) is 19.3. The van der Waals surface area contributed by atoms with Gasteiger partial charge < -0.3 is 4.90 Å². The van der Waals surface area contributed by atoms with E-state index < -0.39 is 5.54 Å². The van der Waals surface area contributed by atoms with Gasteiger partial charge in [-0.2, -0.15) is 0 Å². The van der Waals surface area contributed by atoms with E-state index >= 15 is 0 Å². The highest BCUT2D eigenvalue weighted by Crippen LogP contribution is 2.43. The highest BCUT2D eigenvalue weighted by Gasteiger charge is 2.43. The molecule has 2 aliphatic carbocycles. The van der Waals surface area contributed by atoms with Crippen molar-refractivity contribution in [2.45, 2.75) is 25.3 Å². The average Bonchev–Trinajstić information content (AvgIpc) is 3.19. The molecule has 130 valence electrons. The molecule has 0 radical (unpaired) electrons. The Kier molecular flexibility index (Phi) is 3.48. The van der Waals surface area contributed by atoms with E-state index in [4.69, 9.17) is 0 Å². The summed E-state index contributed by atoms with van der Waals surface area (Å²) < 4.78 is 1.13. The van der Waals surface area contributed by atoms with E-state index in [-0.39, 0.29) is 5.78 Å². The van der Waals surface area contributed by atoms with Crippen LogP contribution in [0.1, 0.15) is 29.2 Å². The van der Waals surface area contributed by atoms with Gasteiger partial charge in [-0.3, -0.25) is 9.79 Å². The predicted molar refractivity (Wildman–Crippen MR) is 108 cm³/mol. The minimum Gasteiger partial charge on any atom is -0.344 e. The second-order valence-corrected chi connectivity index (χ2v) is 8.25. The van der Waals surface area contributed by atoms with Crippen molar-refractivity contribution < 1.29 is 4.79 Å². The molecule has 4 heteroatoms. The molecule has 1 atom stereocenters. The molecule has 26 heavy (non-hydrogen) atoms. The molecule has 0 bridgehead atoms. The summed E-state index contributed by atoms with van der Waals surface area (Å²) in [6.07, 6.45) is 7.65. The maximum atomic E-state index is 12.9. The fraction of sp³-hybridized carbons (Fsp3) is 0.273. The highest BCUT2D eigenvalue weighted by atomic mass is 79.9. The van der Waals surface area contributed by atoms with E-state index in [0.29, 0.717) is 0 Å². The number of hydrogen-bond donors (Lipinski definition) is 0. The maximum Gasteiger partial charge on any atom is 0.185 e. The fourth-order valence-corrected chi connectivity index (χ4v) is 4.97. The third-order valence-electron chi connectivity index (χ3n) is 6.03. The van der Waals surface area contributed by atoms with Gasteiger partial charge in [0.2, 0.25) is 0 Å². The topological polar surface area (TPSA) is 32.7 Å². The van der Waals surface area contributed by atoms with Gasteiger partial charge in [0.25, 0.3) is 0 Å². The molecule has 0 N–H and O–H groups in total.